The second-order valence-corrected chi connectivity index (χ2v) is 6.02. The molecule has 0 amide bonds. The zero-order valence-electron chi connectivity index (χ0n) is 14.6. The molecule has 0 bridgehead atoms. The third-order valence-electron chi connectivity index (χ3n) is 4.20. The van der Waals surface area contributed by atoms with E-state index in [1.54, 1.807) is 0 Å². The van der Waals surface area contributed by atoms with Crippen LogP contribution in [0.5, 0.6) is 0 Å². The molecule has 2 aromatic carbocycles. The fourth-order valence-electron chi connectivity index (χ4n) is 2.69. The van der Waals surface area contributed by atoms with Gasteiger partial charge in [0.15, 0.2) is 0 Å². The van der Waals surface area contributed by atoms with Crippen LogP contribution in [0.15, 0.2) is 53.1 Å². The molecule has 2 aromatic heterocycles. The van der Waals surface area contributed by atoms with E-state index in [0.717, 1.165) is 23.1 Å². The summed E-state index contributed by atoms with van der Waals surface area (Å²) in [6, 6.07) is 16.1. The summed E-state index contributed by atoms with van der Waals surface area (Å²) < 4.78 is 5.33. The Bertz CT molecular complexity index is 1020. The van der Waals surface area contributed by atoms with Crippen molar-refractivity contribution in [3.63, 3.8) is 0 Å². The molecule has 130 valence electrons. The van der Waals surface area contributed by atoms with Crippen LogP contribution in [0.4, 0.5) is 0 Å². The fraction of sp³-hybridized carbons (Fsp3) is 0.211. The summed E-state index contributed by atoms with van der Waals surface area (Å²) in [4.78, 5) is 5.89. The van der Waals surface area contributed by atoms with Gasteiger partial charge in [0.05, 0.1) is 0 Å². The van der Waals surface area contributed by atoms with Crippen LogP contribution in [0.3, 0.4) is 0 Å². The van der Waals surface area contributed by atoms with Crippen molar-refractivity contribution in [3.8, 4) is 22.8 Å². The molecule has 0 radical (unpaired) electrons. The second kappa shape index (κ2) is 6.87. The van der Waals surface area contributed by atoms with Crippen LogP contribution in [0.25, 0.3) is 22.8 Å². The molecule has 0 aliphatic carbocycles. The van der Waals surface area contributed by atoms with Crippen LogP contribution in [-0.4, -0.2) is 30.3 Å². The zero-order chi connectivity index (χ0) is 17.9. The minimum absolute atomic E-state index is 0.277. The highest BCUT2D eigenvalue weighted by atomic mass is 16.5. The van der Waals surface area contributed by atoms with Crippen molar-refractivity contribution in [2.45, 2.75) is 26.8 Å². The first-order chi connectivity index (χ1) is 12.7. The Balaban J connectivity index is 1.52. The molecule has 0 aliphatic rings. The quantitative estimate of drug-likeness (QED) is 0.551. The Morgan fingerprint density at radius 2 is 1.81 bits per heavy atom. The SMILES string of the molecule is CCc1ccc(-c2nnn(Cc3nc(-c4ccccc4C)no3)n2)cc1. The van der Waals surface area contributed by atoms with Crippen LogP contribution in [0.2, 0.25) is 0 Å². The number of aryl methyl sites for hydroxylation is 2. The summed E-state index contributed by atoms with van der Waals surface area (Å²) in [6.45, 7) is 4.42. The number of hydrogen-bond acceptors (Lipinski definition) is 6. The second-order valence-electron chi connectivity index (χ2n) is 6.02. The Hall–Kier alpha value is -3.35. The van der Waals surface area contributed by atoms with Crippen LogP contribution in [0, 0.1) is 6.92 Å². The lowest BCUT2D eigenvalue weighted by Crippen LogP contribution is -2.04. The van der Waals surface area contributed by atoms with Crippen molar-refractivity contribution in [1.82, 2.24) is 30.3 Å². The van der Waals surface area contributed by atoms with E-state index < -0.39 is 0 Å². The lowest BCUT2D eigenvalue weighted by molar-refractivity contribution is 0.356. The lowest BCUT2D eigenvalue weighted by Gasteiger charge is -1.98. The van der Waals surface area contributed by atoms with Crippen molar-refractivity contribution >= 4 is 0 Å². The fourth-order valence-corrected chi connectivity index (χ4v) is 2.69. The average Bonchev–Trinajstić information content (AvgIpc) is 3.32. The van der Waals surface area contributed by atoms with E-state index in [-0.39, 0.29) is 6.54 Å². The Morgan fingerprint density at radius 1 is 1.00 bits per heavy atom. The highest BCUT2D eigenvalue weighted by molar-refractivity contribution is 5.59. The van der Waals surface area contributed by atoms with Crippen molar-refractivity contribution in [3.05, 3.63) is 65.5 Å². The number of nitrogens with zero attached hydrogens (tertiary/aromatic N) is 6. The molecule has 0 N–H and O–H groups in total. The minimum Gasteiger partial charge on any atom is -0.337 e. The highest BCUT2D eigenvalue weighted by Gasteiger charge is 2.13. The predicted octanol–water partition coefficient (Wildman–Crippen LogP) is 3.31. The molecule has 4 aromatic rings. The van der Waals surface area contributed by atoms with Gasteiger partial charge in [-0.15, -0.1) is 10.2 Å². The summed E-state index contributed by atoms with van der Waals surface area (Å²) in [5.41, 5.74) is 4.25. The van der Waals surface area contributed by atoms with Gasteiger partial charge in [0, 0.05) is 11.1 Å². The smallest absolute Gasteiger partial charge is 0.250 e. The number of aromatic nitrogens is 6. The van der Waals surface area contributed by atoms with Crippen LogP contribution < -0.4 is 0 Å². The van der Waals surface area contributed by atoms with E-state index in [1.807, 2.05) is 43.3 Å². The maximum Gasteiger partial charge on any atom is 0.250 e. The number of hydrogen-bond donors (Lipinski definition) is 0. The molecule has 0 unspecified atom stereocenters. The largest absolute Gasteiger partial charge is 0.337 e. The summed E-state index contributed by atoms with van der Waals surface area (Å²) in [6.07, 6.45) is 1.00. The van der Waals surface area contributed by atoms with E-state index >= 15 is 0 Å². The van der Waals surface area contributed by atoms with Gasteiger partial charge in [-0.05, 0) is 29.7 Å². The summed E-state index contributed by atoms with van der Waals surface area (Å²) in [5.74, 6) is 1.58. The van der Waals surface area contributed by atoms with Gasteiger partial charge < -0.3 is 4.52 Å². The first-order valence-corrected chi connectivity index (χ1v) is 8.48. The van der Waals surface area contributed by atoms with Crippen LogP contribution in [0.1, 0.15) is 23.9 Å². The Morgan fingerprint density at radius 3 is 2.58 bits per heavy atom. The molecule has 0 spiro atoms. The molecule has 26 heavy (non-hydrogen) atoms. The Kier molecular flexibility index (Phi) is 4.27. The van der Waals surface area contributed by atoms with E-state index in [0.29, 0.717) is 17.5 Å². The molecule has 0 saturated heterocycles. The molecule has 4 rings (SSSR count). The van der Waals surface area contributed by atoms with Crippen LogP contribution in [-0.2, 0) is 13.0 Å². The van der Waals surface area contributed by atoms with Gasteiger partial charge in [0.2, 0.25) is 11.6 Å². The lowest BCUT2D eigenvalue weighted by atomic mass is 10.1. The van der Waals surface area contributed by atoms with Crippen molar-refractivity contribution in [2.75, 3.05) is 0 Å². The number of tetrazole rings is 1. The van der Waals surface area contributed by atoms with E-state index in [1.165, 1.54) is 10.4 Å². The molecule has 2 heterocycles. The first kappa shape index (κ1) is 16.1. The van der Waals surface area contributed by atoms with Gasteiger partial charge in [0.25, 0.3) is 5.89 Å². The first-order valence-electron chi connectivity index (χ1n) is 8.48. The average molecular weight is 346 g/mol. The number of benzene rings is 2. The molecule has 0 fully saturated rings. The van der Waals surface area contributed by atoms with Gasteiger partial charge >= 0.3 is 0 Å². The van der Waals surface area contributed by atoms with Crippen molar-refractivity contribution < 1.29 is 4.52 Å². The third-order valence-corrected chi connectivity index (χ3v) is 4.20. The predicted molar refractivity (Wildman–Crippen MR) is 96.2 cm³/mol. The molecule has 7 heteroatoms. The van der Waals surface area contributed by atoms with Gasteiger partial charge in [-0.1, -0.05) is 60.6 Å². The molecule has 0 aliphatic heterocycles. The zero-order valence-corrected chi connectivity index (χ0v) is 14.6. The topological polar surface area (TPSA) is 82.5 Å². The maximum atomic E-state index is 5.33. The monoisotopic (exact) mass is 346 g/mol. The summed E-state index contributed by atoms with van der Waals surface area (Å²) >= 11 is 0. The number of rotatable bonds is 5. The molecule has 0 atom stereocenters. The molecule has 0 saturated carbocycles. The van der Waals surface area contributed by atoms with Gasteiger partial charge in [0.1, 0.15) is 6.54 Å². The highest BCUT2D eigenvalue weighted by Crippen LogP contribution is 2.20. The van der Waals surface area contributed by atoms with E-state index in [9.17, 15) is 0 Å². The third kappa shape index (κ3) is 3.23. The van der Waals surface area contributed by atoms with Crippen molar-refractivity contribution in [1.29, 1.82) is 0 Å². The van der Waals surface area contributed by atoms with Gasteiger partial charge in [-0.3, -0.25) is 0 Å². The summed E-state index contributed by atoms with van der Waals surface area (Å²) in [5, 5.41) is 16.6. The van der Waals surface area contributed by atoms with Crippen molar-refractivity contribution in [2.24, 2.45) is 0 Å². The van der Waals surface area contributed by atoms with Crippen LogP contribution >= 0.6 is 0 Å². The minimum atomic E-state index is 0.277. The molecular formula is C19H18N6O. The van der Waals surface area contributed by atoms with Gasteiger partial charge in [-0.25, -0.2) is 0 Å². The van der Waals surface area contributed by atoms with E-state index in [4.69, 9.17) is 4.52 Å². The molecular weight excluding hydrogens is 328 g/mol. The van der Waals surface area contributed by atoms with Gasteiger partial charge in [-0.2, -0.15) is 9.78 Å². The standard InChI is InChI=1S/C19H18N6O/c1-3-14-8-10-15(11-9-14)18-21-24-25(22-18)12-17-20-19(23-26-17)16-7-5-4-6-13(16)2/h4-11H,3,12H2,1-2H3. The summed E-state index contributed by atoms with van der Waals surface area (Å²) in [7, 11) is 0. The Labute approximate surface area is 150 Å². The normalized spacial score (nSPS) is 11.0. The maximum absolute atomic E-state index is 5.33. The van der Waals surface area contributed by atoms with E-state index in [2.05, 4.69) is 44.6 Å². The molecule has 7 nitrogen and oxygen atoms in total.